The van der Waals surface area contributed by atoms with Crippen molar-refractivity contribution in [2.45, 2.75) is 20.8 Å². The Labute approximate surface area is 220 Å². The Morgan fingerprint density at radius 2 is 1.03 bits per heavy atom. The lowest BCUT2D eigenvalue weighted by molar-refractivity contribution is -0.111. The van der Waals surface area contributed by atoms with Crippen molar-refractivity contribution in [2.24, 2.45) is 0 Å². The normalized spacial score (nSPS) is 14.5. The van der Waals surface area contributed by atoms with Gasteiger partial charge in [0.1, 0.15) is 5.75 Å². The molecule has 0 saturated heterocycles. The summed E-state index contributed by atoms with van der Waals surface area (Å²) < 4.78 is 6.24. The predicted molar refractivity (Wildman–Crippen MR) is 157 cm³/mol. The molecular formula is C34H27O2P. The molecule has 1 unspecified atom stereocenters. The molecule has 2 nitrogen and oxygen atoms in total. The summed E-state index contributed by atoms with van der Waals surface area (Å²) in [6.07, 6.45) is 2.11. The summed E-state index contributed by atoms with van der Waals surface area (Å²) >= 11 is 0. The van der Waals surface area contributed by atoms with Crippen LogP contribution in [-0.4, -0.2) is 5.78 Å². The van der Waals surface area contributed by atoms with Gasteiger partial charge < -0.3 is 4.52 Å². The van der Waals surface area contributed by atoms with E-state index in [4.69, 9.17) is 4.52 Å². The fourth-order valence-corrected chi connectivity index (χ4v) is 5.93. The van der Waals surface area contributed by atoms with Crippen molar-refractivity contribution in [2.75, 3.05) is 0 Å². The smallest absolute Gasteiger partial charge is 0.189 e. The van der Waals surface area contributed by atoms with E-state index in [0.29, 0.717) is 0 Å². The highest BCUT2D eigenvalue weighted by Crippen LogP contribution is 2.57. The summed E-state index contributed by atoms with van der Waals surface area (Å²) in [5, 5.41) is 0. The Balaban J connectivity index is 1.86. The van der Waals surface area contributed by atoms with E-state index in [1.165, 1.54) is 0 Å². The van der Waals surface area contributed by atoms with Crippen LogP contribution in [-0.2, 0) is 4.79 Å². The van der Waals surface area contributed by atoms with Crippen molar-refractivity contribution < 1.29 is 9.32 Å². The number of Topliss-reactive ketones (excluding diaryl/α,β-unsaturated/α-hetero) is 1. The first-order valence-corrected chi connectivity index (χ1v) is 12.9. The van der Waals surface area contributed by atoms with E-state index in [2.05, 4.69) is 90.1 Å². The molecule has 4 aromatic rings. The fourth-order valence-electron chi connectivity index (χ4n) is 5.69. The van der Waals surface area contributed by atoms with E-state index in [9.17, 15) is 4.79 Å². The molecule has 0 bridgehead atoms. The standard InChI is InChI=1S/C34H27O2P/c1-20-21(2)28-27(33(35)22(20)3)19-26-29(23-13-7-4-8-14-23)30(24-15-9-5-10-16-24)34(36-37)31(32(26)28)25-17-11-6-12-18-25/h4-19H,37H2,1-3H3. The van der Waals surface area contributed by atoms with Crippen molar-refractivity contribution in [3.8, 4) is 39.1 Å². The molecular weight excluding hydrogens is 471 g/mol. The molecule has 37 heavy (non-hydrogen) atoms. The van der Waals surface area contributed by atoms with Crippen molar-refractivity contribution in [1.82, 2.24) is 0 Å². The number of carbonyl (C=O) groups excluding carboxylic acids is 1. The van der Waals surface area contributed by atoms with Gasteiger partial charge in [0.05, 0.1) is 9.47 Å². The monoisotopic (exact) mass is 498 g/mol. The SMILES string of the molecule is CC1=C(C)C(C)=C2C(=Cc3c2c(-c2ccccc2)c(OP)c(-c2ccccc2)c3-c2ccccc2)C1=O. The zero-order chi connectivity index (χ0) is 25.7. The van der Waals surface area contributed by atoms with Crippen molar-refractivity contribution in [3.63, 3.8) is 0 Å². The largest absolute Gasteiger partial charge is 0.479 e. The average molecular weight is 499 g/mol. The molecule has 180 valence electrons. The van der Waals surface area contributed by atoms with Crippen LogP contribution < -0.4 is 4.52 Å². The third-order valence-electron chi connectivity index (χ3n) is 7.69. The molecule has 0 heterocycles. The maximum Gasteiger partial charge on any atom is 0.189 e. The first kappa shape index (κ1) is 23.4. The number of fused-ring (bicyclic) bond motifs is 3. The van der Waals surface area contributed by atoms with Gasteiger partial charge in [0.25, 0.3) is 0 Å². The van der Waals surface area contributed by atoms with Gasteiger partial charge in [0.2, 0.25) is 0 Å². The number of carbonyl (C=O) groups is 1. The minimum absolute atomic E-state index is 0.0990. The molecule has 0 amide bonds. The van der Waals surface area contributed by atoms with Gasteiger partial charge in [-0.25, -0.2) is 0 Å². The van der Waals surface area contributed by atoms with Crippen LogP contribution in [0.2, 0.25) is 0 Å². The summed E-state index contributed by atoms with van der Waals surface area (Å²) in [6, 6.07) is 31.1. The second-order valence-corrected chi connectivity index (χ2v) is 9.83. The van der Waals surface area contributed by atoms with Gasteiger partial charge in [0.15, 0.2) is 5.78 Å². The van der Waals surface area contributed by atoms with Crippen LogP contribution >= 0.6 is 9.47 Å². The van der Waals surface area contributed by atoms with E-state index in [-0.39, 0.29) is 5.78 Å². The molecule has 0 N–H and O–H groups in total. The Bertz CT molecular complexity index is 1660. The lowest BCUT2D eigenvalue weighted by Crippen LogP contribution is -2.13. The number of rotatable bonds is 4. The van der Waals surface area contributed by atoms with E-state index in [1.807, 2.05) is 37.3 Å². The highest BCUT2D eigenvalue weighted by molar-refractivity contribution is 7.10. The first-order chi connectivity index (χ1) is 18.0. The number of hydrogen-bond donors (Lipinski definition) is 0. The molecule has 1 atom stereocenters. The van der Waals surface area contributed by atoms with E-state index in [0.717, 1.165) is 78.1 Å². The van der Waals surface area contributed by atoms with Gasteiger partial charge in [-0.2, -0.15) is 0 Å². The Morgan fingerprint density at radius 3 is 1.51 bits per heavy atom. The lowest BCUT2D eigenvalue weighted by atomic mass is 9.78. The topological polar surface area (TPSA) is 26.3 Å². The second kappa shape index (κ2) is 9.14. The van der Waals surface area contributed by atoms with E-state index < -0.39 is 0 Å². The quantitative estimate of drug-likeness (QED) is 0.263. The van der Waals surface area contributed by atoms with Crippen molar-refractivity contribution >= 4 is 26.9 Å². The molecule has 2 aliphatic rings. The highest BCUT2D eigenvalue weighted by atomic mass is 31.0. The highest BCUT2D eigenvalue weighted by Gasteiger charge is 2.38. The molecule has 3 heteroatoms. The molecule has 0 aromatic heterocycles. The molecule has 0 radical (unpaired) electrons. The molecule has 2 aliphatic carbocycles. The molecule has 0 saturated carbocycles. The van der Waals surface area contributed by atoms with Crippen LogP contribution in [0.3, 0.4) is 0 Å². The van der Waals surface area contributed by atoms with Crippen LogP contribution in [0.15, 0.2) is 113 Å². The zero-order valence-electron chi connectivity index (χ0n) is 21.1. The van der Waals surface area contributed by atoms with Crippen LogP contribution in [0.25, 0.3) is 45.0 Å². The summed E-state index contributed by atoms with van der Waals surface area (Å²) in [4.78, 5) is 13.6. The number of benzene rings is 4. The Hall–Kier alpha value is -4.00. The number of hydrogen-bond acceptors (Lipinski definition) is 2. The lowest BCUT2D eigenvalue weighted by Gasteiger charge is -2.26. The van der Waals surface area contributed by atoms with Crippen molar-refractivity contribution in [1.29, 1.82) is 0 Å². The van der Waals surface area contributed by atoms with E-state index in [1.54, 1.807) is 0 Å². The van der Waals surface area contributed by atoms with Crippen molar-refractivity contribution in [3.05, 3.63) is 124 Å². The molecule has 0 spiro atoms. The van der Waals surface area contributed by atoms with Gasteiger partial charge in [0, 0.05) is 33.4 Å². The summed E-state index contributed by atoms with van der Waals surface area (Å²) in [5.74, 6) is 0.883. The minimum atomic E-state index is 0.0990. The average Bonchev–Trinajstić information content (AvgIpc) is 3.35. The molecule has 4 aromatic carbocycles. The van der Waals surface area contributed by atoms with Crippen LogP contribution in [0, 0.1) is 0 Å². The predicted octanol–water partition coefficient (Wildman–Crippen LogP) is 8.95. The Kier molecular flexibility index (Phi) is 5.78. The molecule has 0 aliphatic heterocycles. The first-order valence-electron chi connectivity index (χ1n) is 12.5. The third kappa shape index (κ3) is 3.56. The van der Waals surface area contributed by atoms with Gasteiger partial charge >= 0.3 is 0 Å². The molecule has 6 rings (SSSR count). The maximum absolute atomic E-state index is 13.6. The number of ketones is 1. The summed E-state index contributed by atoms with van der Waals surface area (Å²) in [7, 11) is 2.48. The van der Waals surface area contributed by atoms with Gasteiger partial charge in [-0.1, -0.05) is 91.0 Å². The minimum Gasteiger partial charge on any atom is -0.479 e. The zero-order valence-corrected chi connectivity index (χ0v) is 22.3. The second-order valence-electron chi connectivity index (χ2n) is 9.60. The number of allylic oxidation sites excluding steroid dienone is 5. The summed E-state index contributed by atoms with van der Waals surface area (Å²) in [6.45, 7) is 6.12. The van der Waals surface area contributed by atoms with Crippen LogP contribution in [0.1, 0.15) is 31.9 Å². The van der Waals surface area contributed by atoms with E-state index >= 15 is 0 Å². The van der Waals surface area contributed by atoms with Gasteiger partial charge in [-0.3, -0.25) is 4.79 Å². The van der Waals surface area contributed by atoms with Gasteiger partial charge in [-0.05, 0) is 65.8 Å². The van der Waals surface area contributed by atoms with Crippen LogP contribution in [0.5, 0.6) is 5.75 Å². The molecule has 0 fully saturated rings. The summed E-state index contributed by atoms with van der Waals surface area (Å²) in [5.41, 5.74) is 13.2. The maximum atomic E-state index is 13.6. The Morgan fingerprint density at radius 1 is 0.568 bits per heavy atom. The fraction of sp³-hybridized carbons (Fsp3) is 0.0882. The third-order valence-corrected chi connectivity index (χ3v) is 7.93. The van der Waals surface area contributed by atoms with Crippen LogP contribution in [0.4, 0.5) is 0 Å². The van der Waals surface area contributed by atoms with Gasteiger partial charge in [-0.15, -0.1) is 0 Å².